The predicted octanol–water partition coefficient (Wildman–Crippen LogP) is 1.86. The average molecular weight is 300 g/mol. The number of alkyl halides is 3. The summed E-state index contributed by atoms with van der Waals surface area (Å²) >= 11 is 0. The van der Waals surface area contributed by atoms with E-state index in [2.05, 4.69) is 14.9 Å². The third kappa shape index (κ3) is 3.94. The van der Waals surface area contributed by atoms with E-state index in [1.165, 1.54) is 0 Å². The van der Waals surface area contributed by atoms with Crippen molar-refractivity contribution in [3.05, 3.63) is 41.6 Å². The van der Waals surface area contributed by atoms with E-state index in [4.69, 9.17) is 5.73 Å². The monoisotopic (exact) mass is 300 g/mol. The van der Waals surface area contributed by atoms with E-state index in [0.29, 0.717) is 10.5 Å². The summed E-state index contributed by atoms with van der Waals surface area (Å²) in [5.41, 5.74) is 5.45. The molecule has 2 aromatic rings. The zero-order chi connectivity index (χ0) is 15.5. The molecule has 0 radical (unpaired) electrons. The second-order valence-electron chi connectivity index (χ2n) is 4.26. The number of carbonyl (C=O) groups excluding carboxylic acids is 1. The van der Waals surface area contributed by atoms with Crippen LogP contribution in [0.2, 0.25) is 0 Å². The molecule has 0 saturated heterocycles. The number of hydrogen-bond acceptors (Lipinski definition) is 5. The van der Waals surface area contributed by atoms with E-state index >= 15 is 0 Å². The van der Waals surface area contributed by atoms with Gasteiger partial charge in [-0.1, -0.05) is 30.3 Å². The maximum Gasteiger partial charge on any atom is 0.406 e. The fourth-order valence-corrected chi connectivity index (χ4v) is 1.71. The van der Waals surface area contributed by atoms with E-state index in [9.17, 15) is 18.0 Å². The summed E-state index contributed by atoms with van der Waals surface area (Å²) < 4.78 is 42.1. The lowest BCUT2D eigenvalue weighted by atomic mass is 10.2. The quantitative estimate of drug-likeness (QED) is 0.931. The van der Waals surface area contributed by atoms with Crippen LogP contribution >= 0.6 is 0 Å². The van der Waals surface area contributed by atoms with Crippen LogP contribution in [0.3, 0.4) is 0 Å². The summed E-state index contributed by atoms with van der Waals surface area (Å²) in [7, 11) is 0. The predicted molar refractivity (Wildman–Crippen MR) is 65.9 cm³/mol. The average Bonchev–Trinajstić information content (AvgIpc) is 2.83. The molecule has 0 spiro atoms. The fourth-order valence-electron chi connectivity index (χ4n) is 1.71. The van der Waals surface area contributed by atoms with Crippen molar-refractivity contribution in [1.29, 1.82) is 0 Å². The van der Waals surface area contributed by atoms with Crippen LogP contribution in [0.15, 0.2) is 35.0 Å². The van der Waals surface area contributed by atoms with Crippen LogP contribution in [0.4, 0.5) is 19.0 Å². The summed E-state index contributed by atoms with van der Waals surface area (Å²) in [6, 6.07) is 8.27. The third-order valence-electron chi connectivity index (χ3n) is 2.59. The molecule has 6 nitrogen and oxygen atoms in total. The number of aromatic nitrogens is 2. The highest BCUT2D eigenvalue weighted by molar-refractivity contribution is 5.96. The molecule has 2 rings (SSSR count). The lowest BCUT2D eigenvalue weighted by Gasteiger charge is -2.23. The van der Waals surface area contributed by atoms with Gasteiger partial charge in [0.25, 0.3) is 5.91 Å². The number of halogens is 3. The van der Waals surface area contributed by atoms with Gasteiger partial charge in [-0.05, 0) is 15.9 Å². The standard InChI is InChI=1S/C12H11F3N4O2/c13-12(14,15)7-19(6-8-4-2-1-3-5-8)11(20)9-10(16)18-21-17-9/h1-5H,6-7H2,(H2,16,18). The van der Waals surface area contributed by atoms with Crippen molar-refractivity contribution in [3.63, 3.8) is 0 Å². The number of rotatable bonds is 4. The van der Waals surface area contributed by atoms with Crippen LogP contribution in [0.5, 0.6) is 0 Å². The molecule has 0 aliphatic rings. The van der Waals surface area contributed by atoms with Crippen molar-refractivity contribution in [2.24, 2.45) is 0 Å². The molecule has 2 N–H and O–H groups in total. The number of nitrogens with zero attached hydrogens (tertiary/aromatic N) is 3. The highest BCUT2D eigenvalue weighted by Crippen LogP contribution is 2.20. The maximum atomic E-state index is 12.6. The van der Waals surface area contributed by atoms with Gasteiger partial charge < -0.3 is 10.6 Å². The molecule has 0 aliphatic heterocycles. The summed E-state index contributed by atoms with van der Waals surface area (Å²) in [6.07, 6.45) is -4.55. The molecule has 1 heterocycles. The molecule has 21 heavy (non-hydrogen) atoms. The van der Waals surface area contributed by atoms with E-state index in [1.54, 1.807) is 30.3 Å². The first-order valence-corrected chi connectivity index (χ1v) is 5.85. The van der Waals surface area contributed by atoms with Crippen molar-refractivity contribution in [1.82, 2.24) is 15.2 Å². The van der Waals surface area contributed by atoms with E-state index in [1.807, 2.05) is 0 Å². The Balaban J connectivity index is 2.24. The van der Waals surface area contributed by atoms with Gasteiger partial charge in [-0.25, -0.2) is 4.63 Å². The van der Waals surface area contributed by atoms with Crippen LogP contribution in [-0.4, -0.2) is 33.8 Å². The molecule has 0 atom stereocenters. The van der Waals surface area contributed by atoms with Crippen LogP contribution in [0.1, 0.15) is 16.1 Å². The van der Waals surface area contributed by atoms with Gasteiger partial charge >= 0.3 is 6.18 Å². The Kier molecular flexibility index (Phi) is 4.10. The number of amides is 1. The summed E-state index contributed by atoms with van der Waals surface area (Å²) in [6.45, 7) is -1.65. The molecule has 112 valence electrons. The molecule has 0 saturated carbocycles. The summed E-state index contributed by atoms with van der Waals surface area (Å²) in [5, 5.41) is 6.43. The van der Waals surface area contributed by atoms with Crippen LogP contribution in [0.25, 0.3) is 0 Å². The SMILES string of the molecule is Nc1nonc1C(=O)N(Cc1ccccc1)CC(F)(F)F. The number of anilines is 1. The van der Waals surface area contributed by atoms with Crippen molar-refractivity contribution >= 4 is 11.7 Å². The maximum absolute atomic E-state index is 12.6. The second-order valence-corrected chi connectivity index (χ2v) is 4.26. The van der Waals surface area contributed by atoms with E-state index in [0.717, 1.165) is 0 Å². The molecule has 1 amide bonds. The number of nitrogens with two attached hydrogens (primary N) is 1. The third-order valence-corrected chi connectivity index (χ3v) is 2.59. The molecular weight excluding hydrogens is 289 g/mol. The molecule has 0 unspecified atom stereocenters. The number of benzene rings is 1. The summed E-state index contributed by atoms with van der Waals surface area (Å²) in [5.74, 6) is -1.34. The lowest BCUT2D eigenvalue weighted by Crippen LogP contribution is -2.39. The Labute approximate surface area is 117 Å². The zero-order valence-corrected chi connectivity index (χ0v) is 10.7. The normalized spacial score (nSPS) is 11.4. The largest absolute Gasteiger partial charge is 0.406 e. The van der Waals surface area contributed by atoms with Gasteiger partial charge in [0.1, 0.15) is 6.54 Å². The van der Waals surface area contributed by atoms with Crippen molar-refractivity contribution in [2.75, 3.05) is 12.3 Å². The smallest absolute Gasteiger partial charge is 0.379 e. The Hall–Kier alpha value is -2.58. The minimum atomic E-state index is -4.55. The lowest BCUT2D eigenvalue weighted by molar-refractivity contribution is -0.141. The molecule has 1 aromatic heterocycles. The Morgan fingerprint density at radius 1 is 1.24 bits per heavy atom. The first kappa shape index (κ1) is 14.8. The Bertz CT molecular complexity index is 612. The zero-order valence-electron chi connectivity index (χ0n) is 10.7. The second kappa shape index (κ2) is 5.81. The first-order chi connectivity index (χ1) is 9.87. The Morgan fingerprint density at radius 3 is 2.43 bits per heavy atom. The molecule has 0 aliphatic carbocycles. The van der Waals surface area contributed by atoms with Gasteiger partial charge in [0, 0.05) is 6.54 Å². The van der Waals surface area contributed by atoms with Gasteiger partial charge in [-0.15, -0.1) is 0 Å². The van der Waals surface area contributed by atoms with Gasteiger partial charge in [0.15, 0.2) is 0 Å². The van der Waals surface area contributed by atoms with Gasteiger partial charge in [0.2, 0.25) is 11.5 Å². The summed E-state index contributed by atoms with van der Waals surface area (Å²) in [4.78, 5) is 12.7. The highest BCUT2D eigenvalue weighted by atomic mass is 19.4. The van der Waals surface area contributed by atoms with Crippen LogP contribution < -0.4 is 5.73 Å². The minimum absolute atomic E-state index is 0.231. The number of carbonyl (C=O) groups is 1. The van der Waals surface area contributed by atoms with Gasteiger partial charge in [-0.2, -0.15) is 13.2 Å². The van der Waals surface area contributed by atoms with Crippen molar-refractivity contribution in [3.8, 4) is 0 Å². The van der Waals surface area contributed by atoms with Gasteiger partial charge in [-0.3, -0.25) is 4.79 Å². The molecule has 0 fully saturated rings. The molecular formula is C12H11F3N4O2. The van der Waals surface area contributed by atoms with E-state index < -0.39 is 24.3 Å². The highest BCUT2D eigenvalue weighted by Gasteiger charge is 2.35. The van der Waals surface area contributed by atoms with Crippen LogP contribution in [0, 0.1) is 0 Å². The fraction of sp³-hybridized carbons (Fsp3) is 0.250. The van der Waals surface area contributed by atoms with Crippen molar-refractivity contribution < 1.29 is 22.6 Å². The van der Waals surface area contributed by atoms with Gasteiger partial charge in [0.05, 0.1) is 0 Å². The molecule has 0 bridgehead atoms. The number of nitrogen functional groups attached to an aromatic ring is 1. The molecule has 9 heteroatoms. The van der Waals surface area contributed by atoms with Crippen molar-refractivity contribution in [2.45, 2.75) is 12.7 Å². The Morgan fingerprint density at radius 2 is 1.90 bits per heavy atom. The number of hydrogen-bond donors (Lipinski definition) is 1. The topological polar surface area (TPSA) is 85.2 Å². The molecule has 1 aromatic carbocycles. The van der Waals surface area contributed by atoms with Crippen LogP contribution in [-0.2, 0) is 6.54 Å². The first-order valence-electron chi connectivity index (χ1n) is 5.85. The van der Waals surface area contributed by atoms with E-state index in [-0.39, 0.29) is 12.4 Å². The minimum Gasteiger partial charge on any atom is -0.379 e.